The van der Waals surface area contributed by atoms with Gasteiger partial charge >= 0.3 is 0 Å². The molecule has 0 bridgehead atoms. The average Bonchev–Trinajstić information content (AvgIpc) is 2.09. The summed E-state index contributed by atoms with van der Waals surface area (Å²) in [5.41, 5.74) is 0. The lowest BCUT2D eigenvalue weighted by Gasteiger charge is -2.08. The van der Waals surface area contributed by atoms with Gasteiger partial charge in [0.15, 0.2) is 0 Å². The Morgan fingerprint density at radius 2 is 2.00 bits per heavy atom. The second-order valence-electron chi connectivity index (χ2n) is 2.21. The van der Waals surface area contributed by atoms with Gasteiger partial charge in [-0.2, -0.15) is 0 Å². The van der Waals surface area contributed by atoms with E-state index >= 15 is 0 Å². The highest BCUT2D eigenvalue weighted by Crippen LogP contribution is 2.33. The molecular formula is C9H11ClO2. The summed E-state index contributed by atoms with van der Waals surface area (Å²) in [4.78, 5) is 0. The van der Waals surface area contributed by atoms with Crippen LogP contribution in [0.3, 0.4) is 0 Å². The molecule has 0 aliphatic heterocycles. The first-order valence-corrected chi connectivity index (χ1v) is 4.12. The van der Waals surface area contributed by atoms with Crippen LogP contribution in [-0.2, 0) is 0 Å². The number of rotatable bonds is 3. The molecule has 0 aromatic heterocycles. The maximum Gasteiger partial charge on any atom is 0.141 e. The first-order chi connectivity index (χ1) is 5.79. The minimum Gasteiger partial charge on any atom is -0.495 e. The van der Waals surface area contributed by atoms with Crippen LogP contribution in [0.15, 0.2) is 18.2 Å². The molecular weight excluding hydrogens is 176 g/mol. The molecule has 66 valence electrons. The molecule has 1 rings (SSSR count). The van der Waals surface area contributed by atoms with Gasteiger partial charge in [-0.15, -0.1) is 0 Å². The summed E-state index contributed by atoms with van der Waals surface area (Å²) in [7, 11) is 1.58. The summed E-state index contributed by atoms with van der Waals surface area (Å²) in [6, 6.07) is 5.45. The maximum atomic E-state index is 5.94. The monoisotopic (exact) mass is 186 g/mol. The highest BCUT2D eigenvalue weighted by atomic mass is 35.5. The second-order valence-corrected chi connectivity index (χ2v) is 2.58. The summed E-state index contributed by atoms with van der Waals surface area (Å²) in [6.07, 6.45) is 0. The van der Waals surface area contributed by atoms with Crippen LogP contribution in [0, 0.1) is 0 Å². The van der Waals surface area contributed by atoms with Crippen molar-refractivity contribution < 1.29 is 9.47 Å². The van der Waals surface area contributed by atoms with E-state index in [0.29, 0.717) is 23.1 Å². The maximum absolute atomic E-state index is 5.94. The molecule has 0 amide bonds. The van der Waals surface area contributed by atoms with Crippen LogP contribution in [0.5, 0.6) is 11.5 Å². The predicted molar refractivity (Wildman–Crippen MR) is 49.2 cm³/mol. The van der Waals surface area contributed by atoms with E-state index in [9.17, 15) is 0 Å². The van der Waals surface area contributed by atoms with E-state index in [4.69, 9.17) is 21.1 Å². The lowest BCUT2D eigenvalue weighted by Crippen LogP contribution is -1.93. The van der Waals surface area contributed by atoms with Crippen LogP contribution in [0.4, 0.5) is 0 Å². The summed E-state index contributed by atoms with van der Waals surface area (Å²) < 4.78 is 10.3. The average molecular weight is 187 g/mol. The fraction of sp³-hybridized carbons (Fsp3) is 0.333. The van der Waals surface area contributed by atoms with Gasteiger partial charge in [0.1, 0.15) is 16.5 Å². The molecule has 0 atom stereocenters. The first-order valence-electron chi connectivity index (χ1n) is 3.75. The van der Waals surface area contributed by atoms with Crippen molar-refractivity contribution in [2.75, 3.05) is 13.7 Å². The van der Waals surface area contributed by atoms with Gasteiger partial charge in [-0.3, -0.25) is 0 Å². The highest BCUT2D eigenvalue weighted by molar-refractivity contribution is 6.33. The molecule has 0 unspecified atom stereocenters. The zero-order chi connectivity index (χ0) is 8.97. The van der Waals surface area contributed by atoms with Crippen molar-refractivity contribution in [2.45, 2.75) is 6.92 Å². The molecule has 0 aliphatic carbocycles. The Morgan fingerprint density at radius 3 is 2.58 bits per heavy atom. The molecule has 0 saturated carbocycles. The second kappa shape index (κ2) is 4.21. The molecule has 2 nitrogen and oxygen atoms in total. The smallest absolute Gasteiger partial charge is 0.141 e. The van der Waals surface area contributed by atoms with E-state index in [1.807, 2.05) is 19.1 Å². The van der Waals surface area contributed by atoms with Crippen LogP contribution < -0.4 is 9.47 Å². The Kier molecular flexibility index (Phi) is 3.23. The van der Waals surface area contributed by atoms with Gasteiger partial charge in [0.2, 0.25) is 0 Å². The molecule has 0 heterocycles. The van der Waals surface area contributed by atoms with Gasteiger partial charge in [0.05, 0.1) is 13.7 Å². The van der Waals surface area contributed by atoms with Crippen molar-refractivity contribution >= 4 is 11.6 Å². The number of hydrogen-bond acceptors (Lipinski definition) is 2. The zero-order valence-corrected chi connectivity index (χ0v) is 7.89. The van der Waals surface area contributed by atoms with E-state index in [1.165, 1.54) is 0 Å². The Labute approximate surface area is 77.1 Å². The van der Waals surface area contributed by atoms with Crippen LogP contribution in [0.1, 0.15) is 6.92 Å². The van der Waals surface area contributed by atoms with E-state index in [-0.39, 0.29) is 0 Å². The Hall–Kier alpha value is -0.890. The van der Waals surface area contributed by atoms with Crippen molar-refractivity contribution in [3.8, 4) is 11.5 Å². The third-order valence-corrected chi connectivity index (χ3v) is 1.82. The summed E-state index contributed by atoms with van der Waals surface area (Å²) in [5, 5.41) is 0.529. The number of hydrogen-bond donors (Lipinski definition) is 0. The number of benzene rings is 1. The normalized spacial score (nSPS) is 9.58. The Balaban J connectivity index is 2.97. The van der Waals surface area contributed by atoms with E-state index in [1.54, 1.807) is 13.2 Å². The van der Waals surface area contributed by atoms with Gasteiger partial charge in [0.25, 0.3) is 0 Å². The largest absolute Gasteiger partial charge is 0.495 e. The molecule has 0 spiro atoms. The Morgan fingerprint density at radius 1 is 1.33 bits per heavy atom. The fourth-order valence-corrected chi connectivity index (χ4v) is 1.17. The topological polar surface area (TPSA) is 18.5 Å². The lowest BCUT2D eigenvalue weighted by atomic mass is 10.3. The first kappa shape index (κ1) is 9.20. The van der Waals surface area contributed by atoms with Crippen LogP contribution in [-0.4, -0.2) is 13.7 Å². The van der Waals surface area contributed by atoms with Gasteiger partial charge in [-0.25, -0.2) is 0 Å². The third kappa shape index (κ3) is 1.83. The number of halogens is 1. The molecule has 1 aromatic carbocycles. The fourth-order valence-electron chi connectivity index (χ4n) is 0.915. The van der Waals surface area contributed by atoms with E-state index in [2.05, 4.69) is 0 Å². The summed E-state index contributed by atoms with van der Waals surface area (Å²) in [6.45, 7) is 2.52. The van der Waals surface area contributed by atoms with Crippen LogP contribution >= 0.6 is 11.6 Å². The minimum absolute atomic E-state index is 0.529. The molecule has 0 radical (unpaired) electrons. The van der Waals surface area contributed by atoms with Gasteiger partial charge in [-0.05, 0) is 19.1 Å². The molecule has 1 aromatic rings. The molecule has 0 aliphatic rings. The van der Waals surface area contributed by atoms with E-state index < -0.39 is 0 Å². The summed E-state index contributed by atoms with van der Waals surface area (Å²) >= 11 is 5.94. The third-order valence-electron chi connectivity index (χ3n) is 1.45. The number of ether oxygens (including phenoxy) is 2. The number of methoxy groups -OCH3 is 1. The van der Waals surface area contributed by atoms with Crippen molar-refractivity contribution in [1.29, 1.82) is 0 Å². The van der Waals surface area contributed by atoms with Crippen molar-refractivity contribution in [3.05, 3.63) is 23.2 Å². The molecule has 0 saturated heterocycles. The Bertz CT molecular complexity index is 261. The standard InChI is InChI=1S/C9H11ClO2/c1-3-12-8-6-4-5-7(11-2)9(8)10/h4-6H,3H2,1-2H3. The zero-order valence-electron chi connectivity index (χ0n) is 7.13. The highest BCUT2D eigenvalue weighted by Gasteiger charge is 2.05. The SMILES string of the molecule is CCOc1cccc(OC)c1Cl. The van der Waals surface area contributed by atoms with Crippen molar-refractivity contribution in [1.82, 2.24) is 0 Å². The van der Waals surface area contributed by atoms with Crippen molar-refractivity contribution in [3.63, 3.8) is 0 Å². The lowest BCUT2D eigenvalue weighted by molar-refractivity contribution is 0.336. The quantitative estimate of drug-likeness (QED) is 0.723. The van der Waals surface area contributed by atoms with Gasteiger partial charge < -0.3 is 9.47 Å². The molecule has 0 fully saturated rings. The van der Waals surface area contributed by atoms with Crippen LogP contribution in [0.25, 0.3) is 0 Å². The molecule has 3 heteroatoms. The predicted octanol–water partition coefficient (Wildman–Crippen LogP) is 2.75. The van der Waals surface area contributed by atoms with Crippen LogP contribution in [0.2, 0.25) is 5.02 Å². The molecule has 12 heavy (non-hydrogen) atoms. The van der Waals surface area contributed by atoms with E-state index in [0.717, 1.165) is 0 Å². The molecule has 0 N–H and O–H groups in total. The van der Waals surface area contributed by atoms with Gasteiger partial charge in [0, 0.05) is 0 Å². The summed E-state index contributed by atoms with van der Waals surface area (Å²) in [5.74, 6) is 1.31. The minimum atomic E-state index is 0.529. The van der Waals surface area contributed by atoms with Gasteiger partial charge in [-0.1, -0.05) is 17.7 Å². The van der Waals surface area contributed by atoms with Crippen molar-refractivity contribution in [2.24, 2.45) is 0 Å².